The first-order chi connectivity index (χ1) is 7.99. The predicted molar refractivity (Wildman–Crippen MR) is 64.0 cm³/mol. The Morgan fingerprint density at radius 3 is 2.11 bits per heavy atom. The van der Waals surface area contributed by atoms with E-state index in [9.17, 15) is 21.6 Å². The molecule has 102 valence electrons. The molecule has 1 aromatic carbocycles. The molecule has 0 aliphatic rings. The molecule has 1 aromatic rings. The standard InChI is InChI=1S/C11H14F3NO2S/c1-7(2)8-4-9(11(12,13)14)6-10(5-8)15-18(3,16)17/h4-7,15H,1-3H3. The van der Waals surface area contributed by atoms with Crippen molar-refractivity contribution in [1.29, 1.82) is 0 Å². The molecule has 0 bridgehead atoms. The molecule has 1 N–H and O–H groups in total. The molecule has 0 aliphatic carbocycles. The Balaban J connectivity index is 3.31. The smallest absolute Gasteiger partial charge is 0.284 e. The number of nitrogens with one attached hydrogen (secondary N) is 1. The molecule has 1 rings (SSSR count). The molecule has 3 nitrogen and oxygen atoms in total. The van der Waals surface area contributed by atoms with Gasteiger partial charge in [-0.25, -0.2) is 8.42 Å². The highest BCUT2D eigenvalue weighted by Gasteiger charge is 2.31. The Hall–Kier alpha value is -1.24. The van der Waals surface area contributed by atoms with Crippen LogP contribution in [0.5, 0.6) is 0 Å². The van der Waals surface area contributed by atoms with Crippen LogP contribution < -0.4 is 4.72 Å². The number of halogens is 3. The van der Waals surface area contributed by atoms with Crippen LogP contribution in [-0.2, 0) is 16.2 Å². The first-order valence-electron chi connectivity index (χ1n) is 5.19. The molecule has 7 heteroatoms. The molecule has 0 heterocycles. The Morgan fingerprint density at radius 1 is 1.17 bits per heavy atom. The van der Waals surface area contributed by atoms with E-state index >= 15 is 0 Å². The van der Waals surface area contributed by atoms with Crippen molar-refractivity contribution in [3.05, 3.63) is 29.3 Å². The fourth-order valence-electron chi connectivity index (χ4n) is 1.42. The Bertz CT molecular complexity index is 536. The zero-order chi connectivity index (χ0) is 14.1. The van der Waals surface area contributed by atoms with Crippen molar-refractivity contribution in [3.63, 3.8) is 0 Å². The summed E-state index contributed by atoms with van der Waals surface area (Å²) < 4.78 is 62.2. The lowest BCUT2D eigenvalue weighted by Crippen LogP contribution is -2.12. The Kier molecular flexibility index (Phi) is 3.95. The van der Waals surface area contributed by atoms with E-state index in [0.717, 1.165) is 18.4 Å². The summed E-state index contributed by atoms with van der Waals surface area (Å²) in [4.78, 5) is 0. The van der Waals surface area contributed by atoms with Gasteiger partial charge in [-0.15, -0.1) is 0 Å². The molecule has 0 atom stereocenters. The Morgan fingerprint density at radius 2 is 1.72 bits per heavy atom. The van der Waals surface area contributed by atoms with Crippen LogP contribution in [0.1, 0.15) is 30.9 Å². The van der Waals surface area contributed by atoms with Crippen LogP contribution in [0.4, 0.5) is 18.9 Å². The van der Waals surface area contributed by atoms with Gasteiger partial charge in [-0.1, -0.05) is 13.8 Å². The van der Waals surface area contributed by atoms with Gasteiger partial charge in [-0.05, 0) is 29.7 Å². The molecule has 0 radical (unpaired) electrons. The summed E-state index contributed by atoms with van der Waals surface area (Å²) >= 11 is 0. The molecular weight excluding hydrogens is 267 g/mol. The van der Waals surface area contributed by atoms with Crippen molar-refractivity contribution in [3.8, 4) is 0 Å². The highest BCUT2D eigenvalue weighted by molar-refractivity contribution is 7.92. The van der Waals surface area contributed by atoms with Gasteiger partial charge in [-0.3, -0.25) is 4.72 Å². The quantitative estimate of drug-likeness (QED) is 0.924. The first-order valence-corrected chi connectivity index (χ1v) is 7.08. The number of anilines is 1. The van der Waals surface area contributed by atoms with Crippen molar-refractivity contribution in [2.24, 2.45) is 0 Å². The third-order valence-corrected chi connectivity index (χ3v) is 2.86. The third-order valence-electron chi connectivity index (χ3n) is 2.25. The molecule has 0 amide bonds. The van der Waals surface area contributed by atoms with Gasteiger partial charge in [0.05, 0.1) is 11.8 Å². The second kappa shape index (κ2) is 4.79. The summed E-state index contributed by atoms with van der Waals surface area (Å²) in [5.74, 6) is -0.132. The van der Waals surface area contributed by atoms with Crippen molar-refractivity contribution in [1.82, 2.24) is 0 Å². The lowest BCUT2D eigenvalue weighted by Gasteiger charge is -2.14. The van der Waals surface area contributed by atoms with Crippen LogP contribution in [0, 0.1) is 0 Å². The molecule has 0 saturated carbocycles. The summed E-state index contributed by atoms with van der Waals surface area (Å²) in [5, 5.41) is 0. The van der Waals surface area contributed by atoms with Crippen LogP contribution in [0.2, 0.25) is 0 Å². The highest BCUT2D eigenvalue weighted by Crippen LogP contribution is 2.33. The van der Waals surface area contributed by atoms with E-state index < -0.39 is 21.8 Å². The molecular formula is C11H14F3NO2S. The first kappa shape index (κ1) is 14.8. The molecule has 0 spiro atoms. The average molecular weight is 281 g/mol. The maximum atomic E-state index is 12.7. The van der Waals surface area contributed by atoms with E-state index in [1.54, 1.807) is 13.8 Å². The zero-order valence-electron chi connectivity index (χ0n) is 10.2. The molecule has 0 aliphatic heterocycles. The number of benzene rings is 1. The molecule has 0 aromatic heterocycles. The van der Waals surface area contributed by atoms with E-state index in [4.69, 9.17) is 0 Å². The van der Waals surface area contributed by atoms with Gasteiger partial charge < -0.3 is 0 Å². The minimum Gasteiger partial charge on any atom is -0.284 e. The van der Waals surface area contributed by atoms with Gasteiger partial charge in [0, 0.05) is 5.69 Å². The monoisotopic (exact) mass is 281 g/mol. The minimum absolute atomic E-state index is 0.0731. The maximum Gasteiger partial charge on any atom is 0.416 e. The second-order valence-corrected chi connectivity index (χ2v) is 6.12. The SMILES string of the molecule is CC(C)c1cc(NS(C)(=O)=O)cc(C(F)(F)F)c1. The number of hydrogen-bond acceptors (Lipinski definition) is 2. The van der Waals surface area contributed by atoms with E-state index in [0.29, 0.717) is 5.56 Å². The van der Waals surface area contributed by atoms with Crippen LogP contribution in [0.3, 0.4) is 0 Å². The number of rotatable bonds is 3. The largest absolute Gasteiger partial charge is 0.416 e. The van der Waals surface area contributed by atoms with E-state index in [2.05, 4.69) is 4.72 Å². The summed E-state index contributed by atoms with van der Waals surface area (Å²) in [6.45, 7) is 3.47. The van der Waals surface area contributed by atoms with Gasteiger partial charge in [0.1, 0.15) is 0 Å². The lowest BCUT2D eigenvalue weighted by molar-refractivity contribution is -0.137. The second-order valence-electron chi connectivity index (χ2n) is 4.37. The maximum absolute atomic E-state index is 12.7. The summed E-state index contributed by atoms with van der Waals surface area (Å²) in [6.07, 6.45) is -3.61. The fraction of sp³-hybridized carbons (Fsp3) is 0.455. The topological polar surface area (TPSA) is 46.2 Å². The average Bonchev–Trinajstić information content (AvgIpc) is 2.12. The van der Waals surface area contributed by atoms with Crippen LogP contribution in [0.15, 0.2) is 18.2 Å². The van der Waals surface area contributed by atoms with Crippen molar-refractivity contribution in [2.45, 2.75) is 25.9 Å². The highest BCUT2D eigenvalue weighted by atomic mass is 32.2. The zero-order valence-corrected chi connectivity index (χ0v) is 11.0. The van der Waals surface area contributed by atoms with Gasteiger partial charge in [0.25, 0.3) is 0 Å². The van der Waals surface area contributed by atoms with E-state index in [-0.39, 0.29) is 11.6 Å². The molecule has 0 unspecified atom stereocenters. The van der Waals surface area contributed by atoms with Crippen LogP contribution in [0.25, 0.3) is 0 Å². The normalized spacial score (nSPS) is 12.8. The molecule has 0 fully saturated rings. The van der Waals surface area contributed by atoms with Crippen LogP contribution >= 0.6 is 0 Å². The lowest BCUT2D eigenvalue weighted by atomic mass is 10.00. The number of alkyl halides is 3. The van der Waals surface area contributed by atoms with Crippen molar-refractivity contribution >= 4 is 15.7 Å². The summed E-state index contributed by atoms with van der Waals surface area (Å²) in [5.41, 5.74) is -0.508. The number of hydrogen-bond donors (Lipinski definition) is 1. The van der Waals surface area contributed by atoms with Gasteiger partial charge in [-0.2, -0.15) is 13.2 Å². The fourth-order valence-corrected chi connectivity index (χ4v) is 1.97. The van der Waals surface area contributed by atoms with Gasteiger partial charge in [0.15, 0.2) is 0 Å². The van der Waals surface area contributed by atoms with E-state index in [1.807, 2.05) is 0 Å². The minimum atomic E-state index is -4.50. The van der Waals surface area contributed by atoms with Crippen molar-refractivity contribution in [2.75, 3.05) is 11.0 Å². The molecule has 0 saturated heterocycles. The van der Waals surface area contributed by atoms with Crippen molar-refractivity contribution < 1.29 is 21.6 Å². The summed E-state index contributed by atoms with van der Waals surface area (Å²) in [7, 11) is -3.60. The van der Waals surface area contributed by atoms with E-state index in [1.165, 1.54) is 6.07 Å². The molecule has 18 heavy (non-hydrogen) atoms. The Labute approximate surface area is 104 Å². The third kappa shape index (κ3) is 4.21. The van der Waals surface area contributed by atoms with Gasteiger partial charge >= 0.3 is 6.18 Å². The summed E-state index contributed by atoms with van der Waals surface area (Å²) in [6, 6.07) is 3.21. The van der Waals surface area contributed by atoms with Gasteiger partial charge in [0.2, 0.25) is 10.0 Å². The predicted octanol–water partition coefficient (Wildman–Crippen LogP) is 3.20. The number of sulfonamides is 1. The van der Waals surface area contributed by atoms with Crippen LogP contribution in [-0.4, -0.2) is 14.7 Å².